The van der Waals surface area contributed by atoms with Gasteiger partial charge in [-0.2, -0.15) is 0 Å². The Morgan fingerprint density at radius 1 is 1.11 bits per heavy atom. The molecule has 0 heterocycles. The first-order valence-corrected chi connectivity index (χ1v) is 6.68. The Labute approximate surface area is 113 Å². The standard InChI is InChI=1S/C14H22F2N2O/c1-3-18(4-2)9-7-17-8-10-19-12-5-6-13(15)14(16)11-12/h5-6,11,17H,3-4,7-10H2,1-2H3. The average Bonchev–Trinajstić information content (AvgIpc) is 2.42. The Balaban J connectivity index is 2.12. The van der Waals surface area contributed by atoms with E-state index in [1.54, 1.807) is 0 Å². The van der Waals surface area contributed by atoms with Crippen molar-refractivity contribution in [3.05, 3.63) is 29.8 Å². The van der Waals surface area contributed by atoms with Crippen LogP contribution in [0.2, 0.25) is 0 Å². The highest BCUT2D eigenvalue weighted by atomic mass is 19.2. The Bertz CT molecular complexity index is 370. The summed E-state index contributed by atoms with van der Waals surface area (Å²) in [5, 5.41) is 3.25. The van der Waals surface area contributed by atoms with Gasteiger partial charge in [-0.3, -0.25) is 0 Å². The molecule has 1 rings (SSSR count). The minimum atomic E-state index is -0.882. The molecule has 19 heavy (non-hydrogen) atoms. The highest BCUT2D eigenvalue weighted by Gasteiger charge is 2.03. The van der Waals surface area contributed by atoms with Gasteiger partial charge < -0.3 is 15.0 Å². The molecular formula is C14H22F2N2O. The summed E-state index contributed by atoms with van der Waals surface area (Å²) in [6.45, 7) is 9.36. The van der Waals surface area contributed by atoms with E-state index >= 15 is 0 Å². The van der Waals surface area contributed by atoms with Crippen LogP contribution in [-0.4, -0.2) is 44.2 Å². The average molecular weight is 272 g/mol. The zero-order valence-corrected chi connectivity index (χ0v) is 11.6. The van der Waals surface area contributed by atoms with Gasteiger partial charge in [-0.15, -0.1) is 0 Å². The first kappa shape index (κ1) is 15.9. The molecule has 0 saturated carbocycles. The van der Waals surface area contributed by atoms with Crippen LogP contribution in [0.25, 0.3) is 0 Å². The summed E-state index contributed by atoms with van der Waals surface area (Å²) >= 11 is 0. The van der Waals surface area contributed by atoms with Crippen molar-refractivity contribution in [1.82, 2.24) is 10.2 Å². The summed E-state index contributed by atoms with van der Waals surface area (Å²) in [5.74, 6) is -1.39. The Morgan fingerprint density at radius 2 is 1.84 bits per heavy atom. The number of nitrogens with zero attached hydrogens (tertiary/aromatic N) is 1. The summed E-state index contributed by atoms with van der Waals surface area (Å²) < 4.78 is 30.9. The molecule has 108 valence electrons. The molecule has 0 atom stereocenters. The van der Waals surface area contributed by atoms with Crippen LogP contribution in [0.15, 0.2) is 18.2 Å². The van der Waals surface area contributed by atoms with E-state index < -0.39 is 11.6 Å². The van der Waals surface area contributed by atoms with Crippen LogP contribution in [0.5, 0.6) is 5.75 Å². The van der Waals surface area contributed by atoms with Crippen molar-refractivity contribution in [1.29, 1.82) is 0 Å². The number of halogens is 2. The maximum atomic E-state index is 12.9. The second-order valence-electron chi connectivity index (χ2n) is 4.20. The summed E-state index contributed by atoms with van der Waals surface area (Å²) in [6, 6.07) is 3.55. The minimum Gasteiger partial charge on any atom is -0.492 e. The Hall–Kier alpha value is -1.20. The minimum absolute atomic E-state index is 0.351. The largest absolute Gasteiger partial charge is 0.492 e. The van der Waals surface area contributed by atoms with Gasteiger partial charge >= 0.3 is 0 Å². The first-order valence-electron chi connectivity index (χ1n) is 6.68. The number of hydrogen-bond donors (Lipinski definition) is 1. The summed E-state index contributed by atoms with van der Waals surface area (Å²) in [6.07, 6.45) is 0. The van der Waals surface area contributed by atoms with Crippen molar-refractivity contribution in [2.75, 3.05) is 39.3 Å². The molecule has 0 saturated heterocycles. The van der Waals surface area contributed by atoms with Gasteiger partial charge in [0.25, 0.3) is 0 Å². The van der Waals surface area contributed by atoms with E-state index in [0.29, 0.717) is 18.9 Å². The number of benzene rings is 1. The Morgan fingerprint density at radius 3 is 2.47 bits per heavy atom. The van der Waals surface area contributed by atoms with Gasteiger partial charge in [0, 0.05) is 25.7 Å². The lowest BCUT2D eigenvalue weighted by molar-refractivity contribution is 0.285. The van der Waals surface area contributed by atoms with E-state index in [-0.39, 0.29) is 0 Å². The highest BCUT2D eigenvalue weighted by Crippen LogP contribution is 2.14. The van der Waals surface area contributed by atoms with Crippen molar-refractivity contribution >= 4 is 0 Å². The molecule has 0 bridgehead atoms. The van der Waals surface area contributed by atoms with Crippen LogP contribution >= 0.6 is 0 Å². The fourth-order valence-corrected chi connectivity index (χ4v) is 1.71. The van der Waals surface area contributed by atoms with Crippen molar-refractivity contribution in [2.45, 2.75) is 13.8 Å². The lowest BCUT2D eigenvalue weighted by Crippen LogP contribution is -2.33. The predicted molar refractivity (Wildman–Crippen MR) is 72.5 cm³/mol. The molecule has 0 aliphatic carbocycles. The molecule has 0 radical (unpaired) electrons. The van der Waals surface area contributed by atoms with Crippen LogP contribution < -0.4 is 10.1 Å². The maximum Gasteiger partial charge on any atom is 0.162 e. The molecular weight excluding hydrogens is 250 g/mol. The quantitative estimate of drug-likeness (QED) is 0.698. The van der Waals surface area contributed by atoms with E-state index in [1.807, 2.05) is 0 Å². The number of rotatable bonds is 9. The van der Waals surface area contributed by atoms with Crippen LogP contribution in [0.3, 0.4) is 0 Å². The molecule has 0 amide bonds. The molecule has 3 nitrogen and oxygen atoms in total. The summed E-state index contributed by atoms with van der Waals surface area (Å²) in [4.78, 5) is 2.32. The molecule has 0 spiro atoms. The zero-order valence-electron chi connectivity index (χ0n) is 11.6. The second-order valence-corrected chi connectivity index (χ2v) is 4.20. The lowest BCUT2D eigenvalue weighted by Gasteiger charge is -2.18. The van der Waals surface area contributed by atoms with Gasteiger partial charge in [0.2, 0.25) is 0 Å². The maximum absolute atomic E-state index is 12.9. The van der Waals surface area contributed by atoms with Gasteiger partial charge in [-0.25, -0.2) is 8.78 Å². The molecule has 0 aliphatic heterocycles. The van der Waals surface area contributed by atoms with Crippen LogP contribution in [0.1, 0.15) is 13.8 Å². The SMILES string of the molecule is CCN(CC)CCNCCOc1ccc(F)c(F)c1. The van der Waals surface area contributed by atoms with Gasteiger partial charge in [-0.05, 0) is 25.2 Å². The summed E-state index contributed by atoms with van der Waals surface area (Å²) in [7, 11) is 0. The highest BCUT2D eigenvalue weighted by molar-refractivity contribution is 5.23. The molecule has 1 aromatic carbocycles. The number of nitrogens with one attached hydrogen (secondary N) is 1. The van der Waals surface area contributed by atoms with Gasteiger partial charge in [0.15, 0.2) is 11.6 Å². The van der Waals surface area contributed by atoms with E-state index in [0.717, 1.165) is 38.3 Å². The number of likely N-dealkylation sites (N-methyl/N-ethyl adjacent to an activating group) is 1. The van der Waals surface area contributed by atoms with E-state index in [1.165, 1.54) is 6.07 Å². The monoisotopic (exact) mass is 272 g/mol. The molecule has 0 aliphatic rings. The fourth-order valence-electron chi connectivity index (χ4n) is 1.71. The predicted octanol–water partition coefficient (Wildman–Crippen LogP) is 2.27. The van der Waals surface area contributed by atoms with Crippen LogP contribution in [0.4, 0.5) is 8.78 Å². The molecule has 0 unspecified atom stereocenters. The van der Waals surface area contributed by atoms with E-state index in [9.17, 15) is 8.78 Å². The van der Waals surface area contributed by atoms with Crippen molar-refractivity contribution < 1.29 is 13.5 Å². The molecule has 1 N–H and O–H groups in total. The molecule has 0 fully saturated rings. The molecule has 0 aromatic heterocycles. The van der Waals surface area contributed by atoms with Gasteiger partial charge in [-0.1, -0.05) is 13.8 Å². The van der Waals surface area contributed by atoms with Crippen molar-refractivity contribution in [3.8, 4) is 5.75 Å². The smallest absolute Gasteiger partial charge is 0.162 e. The van der Waals surface area contributed by atoms with Crippen LogP contribution in [0, 0.1) is 11.6 Å². The lowest BCUT2D eigenvalue weighted by atomic mass is 10.3. The van der Waals surface area contributed by atoms with E-state index in [4.69, 9.17) is 4.74 Å². The van der Waals surface area contributed by atoms with Crippen LogP contribution in [-0.2, 0) is 0 Å². The van der Waals surface area contributed by atoms with Gasteiger partial charge in [0.05, 0.1) is 0 Å². The number of ether oxygens (including phenoxy) is 1. The van der Waals surface area contributed by atoms with Crippen molar-refractivity contribution in [3.63, 3.8) is 0 Å². The second kappa shape index (κ2) is 8.82. The molecule has 1 aromatic rings. The molecule has 5 heteroatoms. The van der Waals surface area contributed by atoms with Gasteiger partial charge in [0.1, 0.15) is 12.4 Å². The van der Waals surface area contributed by atoms with E-state index in [2.05, 4.69) is 24.1 Å². The summed E-state index contributed by atoms with van der Waals surface area (Å²) in [5.41, 5.74) is 0. The third-order valence-corrected chi connectivity index (χ3v) is 2.94. The number of hydrogen-bond acceptors (Lipinski definition) is 3. The Kier molecular flexibility index (Phi) is 7.36. The third-order valence-electron chi connectivity index (χ3n) is 2.94. The zero-order chi connectivity index (χ0) is 14.1. The van der Waals surface area contributed by atoms with Crippen molar-refractivity contribution in [2.24, 2.45) is 0 Å². The normalized spacial score (nSPS) is 11.0. The third kappa shape index (κ3) is 5.98. The first-order chi connectivity index (χ1) is 9.17. The topological polar surface area (TPSA) is 24.5 Å². The fraction of sp³-hybridized carbons (Fsp3) is 0.571.